The van der Waals surface area contributed by atoms with Crippen LogP contribution in [0.1, 0.15) is 0 Å². The van der Waals surface area contributed by atoms with E-state index in [0.29, 0.717) is 17.6 Å². The largest absolute Gasteiger partial charge is 0.295 e. The van der Waals surface area contributed by atoms with Crippen LogP contribution in [0.25, 0.3) is 78.0 Å². The molecule has 9 rings (SSSR count). The van der Waals surface area contributed by atoms with E-state index in [-0.39, 0.29) is 0 Å². The smallest absolute Gasteiger partial charge is 0.239 e. The predicted octanol–water partition coefficient (Wildman–Crippen LogP) is 9.40. The van der Waals surface area contributed by atoms with Crippen LogP contribution in [0.5, 0.6) is 0 Å². The van der Waals surface area contributed by atoms with Gasteiger partial charge in [0.1, 0.15) is 5.65 Å². The average Bonchev–Trinajstić information content (AvgIpc) is 3.61. The summed E-state index contributed by atoms with van der Waals surface area (Å²) in [5.41, 5.74) is 6.19. The molecule has 0 amide bonds. The van der Waals surface area contributed by atoms with E-state index in [9.17, 15) is 0 Å². The maximum absolute atomic E-state index is 5.25. The zero-order chi connectivity index (χ0) is 29.0. The first kappa shape index (κ1) is 24.5. The van der Waals surface area contributed by atoms with Crippen molar-refractivity contribution in [1.29, 1.82) is 0 Å². The fourth-order valence-electron chi connectivity index (χ4n) is 6.46. The average molecular weight is 564 g/mol. The van der Waals surface area contributed by atoms with Crippen LogP contribution in [0.2, 0.25) is 0 Å². The lowest BCUT2D eigenvalue weighted by molar-refractivity contribution is 0.933. The lowest BCUT2D eigenvalue weighted by atomic mass is 10.0. The van der Waals surface area contributed by atoms with E-state index in [0.717, 1.165) is 49.7 Å². The molecule has 0 aliphatic rings. The Morgan fingerprint density at radius 1 is 0.409 bits per heavy atom. The molecule has 5 heteroatoms. The van der Waals surface area contributed by atoms with Crippen LogP contribution in [0.15, 0.2) is 152 Å². The summed E-state index contributed by atoms with van der Waals surface area (Å²) in [5.74, 6) is 1.85. The summed E-state index contributed by atoms with van der Waals surface area (Å²) in [6.07, 6.45) is 0. The summed E-state index contributed by atoms with van der Waals surface area (Å²) >= 11 is 0. The van der Waals surface area contributed by atoms with Crippen LogP contribution >= 0.6 is 0 Å². The van der Waals surface area contributed by atoms with Crippen molar-refractivity contribution in [2.45, 2.75) is 0 Å². The Morgan fingerprint density at radius 2 is 0.977 bits per heavy atom. The fraction of sp³-hybridized carbons (Fsp3) is 0. The second-order valence-electron chi connectivity index (χ2n) is 10.9. The third kappa shape index (κ3) is 3.69. The van der Waals surface area contributed by atoms with Crippen LogP contribution in [-0.2, 0) is 0 Å². The quantitative estimate of drug-likeness (QED) is 0.214. The van der Waals surface area contributed by atoms with E-state index in [4.69, 9.17) is 15.0 Å². The molecule has 206 valence electrons. The molecule has 0 fully saturated rings. The molecule has 44 heavy (non-hydrogen) atoms. The Hall–Kier alpha value is -6.07. The number of rotatable bonds is 4. The highest BCUT2D eigenvalue weighted by molar-refractivity contribution is 6.22. The summed E-state index contributed by atoms with van der Waals surface area (Å²) in [6, 6.07) is 52.5. The minimum Gasteiger partial charge on any atom is -0.295 e. The molecule has 0 atom stereocenters. The first-order chi connectivity index (χ1) is 21.8. The maximum Gasteiger partial charge on any atom is 0.239 e. The lowest BCUT2D eigenvalue weighted by Gasteiger charge is -2.14. The van der Waals surface area contributed by atoms with Crippen LogP contribution in [0, 0.1) is 0 Å². The lowest BCUT2D eigenvalue weighted by Crippen LogP contribution is -2.08. The molecule has 0 aliphatic carbocycles. The van der Waals surface area contributed by atoms with Gasteiger partial charge in [0.05, 0.1) is 11.0 Å². The van der Waals surface area contributed by atoms with E-state index in [1.807, 2.05) is 18.2 Å². The zero-order valence-electron chi connectivity index (χ0n) is 23.7. The summed E-state index contributed by atoms with van der Waals surface area (Å²) in [7, 11) is 0. The van der Waals surface area contributed by atoms with Crippen LogP contribution in [0.3, 0.4) is 0 Å². The van der Waals surface area contributed by atoms with Gasteiger partial charge in [-0.3, -0.25) is 9.13 Å². The minimum atomic E-state index is 0.577. The predicted molar refractivity (Wildman–Crippen MR) is 179 cm³/mol. The molecule has 0 spiro atoms. The van der Waals surface area contributed by atoms with Crippen molar-refractivity contribution in [3.8, 4) is 34.4 Å². The fourth-order valence-corrected chi connectivity index (χ4v) is 6.46. The number of hydrogen-bond acceptors (Lipinski definition) is 3. The molecule has 0 radical (unpaired) electrons. The van der Waals surface area contributed by atoms with Crippen LogP contribution in [-0.4, -0.2) is 24.1 Å². The van der Waals surface area contributed by atoms with Gasteiger partial charge in [-0.1, -0.05) is 127 Å². The summed E-state index contributed by atoms with van der Waals surface area (Å²) in [5, 5.41) is 5.77. The Balaban J connectivity index is 1.45. The molecule has 9 aromatic rings. The maximum atomic E-state index is 5.25. The van der Waals surface area contributed by atoms with Crippen molar-refractivity contribution >= 4 is 43.6 Å². The van der Waals surface area contributed by atoms with Crippen molar-refractivity contribution in [3.63, 3.8) is 0 Å². The van der Waals surface area contributed by atoms with Gasteiger partial charge in [-0.15, -0.1) is 0 Å². The minimum absolute atomic E-state index is 0.577. The normalized spacial score (nSPS) is 11.6. The molecule has 0 unspecified atom stereocenters. The molecule has 0 aliphatic heterocycles. The van der Waals surface area contributed by atoms with Crippen molar-refractivity contribution in [3.05, 3.63) is 152 Å². The molecule has 5 nitrogen and oxygen atoms in total. The molecule has 0 saturated carbocycles. The second-order valence-corrected chi connectivity index (χ2v) is 10.9. The monoisotopic (exact) mass is 563 g/mol. The zero-order valence-corrected chi connectivity index (χ0v) is 23.7. The van der Waals surface area contributed by atoms with Gasteiger partial charge in [-0.05, 0) is 35.0 Å². The van der Waals surface area contributed by atoms with Gasteiger partial charge >= 0.3 is 0 Å². The highest BCUT2D eigenvalue weighted by atomic mass is 15.2. The standard InChI is InChI=1S/C39H25N5/c1-3-15-27(16-4-1)36-40-37(30-23-13-17-26-14-7-8-20-29(26)30)42-39(41-36)44-34-25-12-10-22-32(34)35-31-21-9-11-24-33(31)43(38(35)44)28-18-5-2-6-19-28/h1-25H. The molecule has 0 bridgehead atoms. The van der Waals surface area contributed by atoms with Gasteiger partial charge in [0.15, 0.2) is 11.6 Å². The van der Waals surface area contributed by atoms with E-state index >= 15 is 0 Å². The third-order valence-electron chi connectivity index (χ3n) is 8.38. The topological polar surface area (TPSA) is 48.5 Å². The number of hydrogen-bond donors (Lipinski definition) is 0. The summed E-state index contributed by atoms with van der Waals surface area (Å²) in [6.45, 7) is 0. The van der Waals surface area contributed by atoms with E-state index in [1.165, 1.54) is 10.8 Å². The van der Waals surface area contributed by atoms with E-state index in [2.05, 4.69) is 143 Å². The number of benzene rings is 6. The molecule has 0 N–H and O–H groups in total. The highest BCUT2D eigenvalue weighted by Crippen LogP contribution is 2.40. The number of nitrogens with zero attached hydrogens (tertiary/aromatic N) is 5. The van der Waals surface area contributed by atoms with Gasteiger partial charge in [0, 0.05) is 33.0 Å². The number of aromatic nitrogens is 5. The van der Waals surface area contributed by atoms with Crippen molar-refractivity contribution in [2.24, 2.45) is 0 Å². The Bertz CT molecular complexity index is 2490. The van der Waals surface area contributed by atoms with Crippen molar-refractivity contribution in [2.75, 3.05) is 0 Å². The number of fused-ring (bicyclic) bond motifs is 6. The van der Waals surface area contributed by atoms with Crippen LogP contribution in [0.4, 0.5) is 0 Å². The van der Waals surface area contributed by atoms with E-state index in [1.54, 1.807) is 0 Å². The van der Waals surface area contributed by atoms with Crippen molar-refractivity contribution < 1.29 is 0 Å². The summed E-state index contributed by atoms with van der Waals surface area (Å²) < 4.78 is 4.54. The molecule has 0 saturated heterocycles. The Kier molecular flexibility index (Phi) is 5.43. The van der Waals surface area contributed by atoms with Gasteiger partial charge in [-0.25, -0.2) is 4.98 Å². The highest BCUT2D eigenvalue weighted by Gasteiger charge is 2.24. The molecule has 3 aromatic heterocycles. The molecule has 3 heterocycles. The first-order valence-corrected chi connectivity index (χ1v) is 14.7. The molecular formula is C39H25N5. The van der Waals surface area contributed by atoms with Gasteiger partial charge in [-0.2, -0.15) is 9.97 Å². The second kappa shape index (κ2) is 9.75. The third-order valence-corrected chi connectivity index (χ3v) is 8.38. The Labute approximate surface area is 253 Å². The summed E-state index contributed by atoms with van der Waals surface area (Å²) in [4.78, 5) is 15.5. The first-order valence-electron chi connectivity index (χ1n) is 14.7. The van der Waals surface area contributed by atoms with Gasteiger partial charge in [0.2, 0.25) is 5.95 Å². The van der Waals surface area contributed by atoms with E-state index < -0.39 is 0 Å². The van der Waals surface area contributed by atoms with Gasteiger partial charge < -0.3 is 0 Å². The van der Waals surface area contributed by atoms with Crippen LogP contribution < -0.4 is 0 Å². The Morgan fingerprint density at radius 3 is 1.73 bits per heavy atom. The molecular weight excluding hydrogens is 538 g/mol. The van der Waals surface area contributed by atoms with Gasteiger partial charge in [0.25, 0.3) is 0 Å². The number of para-hydroxylation sites is 3. The van der Waals surface area contributed by atoms with Crippen molar-refractivity contribution in [1.82, 2.24) is 24.1 Å². The SMILES string of the molecule is c1ccc(-c2nc(-c3cccc4ccccc34)nc(-n3c4ccccc4c4c5ccccc5n(-c5ccccc5)c43)n2)cc1. The molecule has 6 aromatic carbocycles.